The monoisotopic (exact) mass is 297 g/mol. The van der Waals surface area contributed by atoms with Gasteiger partial charge in [-0.2, -0.15) is 5.10 Å². The molecule has 1 aromatic carbocycles. The molecule has 0 spiro atoms. The average Bonchev–Trinajstić information content (AvgIpc) is 2.37. The summed E-state index contributed by atoms with van der Waals surface area (Å²) in [7, 11) is 0. The average molecular weight is 297 g/mol. The van der Waals surface area contributed by atoms with Crippen molar-refractivity contribution in [3.05, 3.63) is 48.0 Å². The van der Waals surface area contributed by atoms with Crippen LogP contribution in [0.5, 0.6) is 0 Å². The summed E-state index contributed by atoms with van der Waals surface area (Å²) < 4.78 is 0. The zero-order chi connectivity index (χ0) is 16.2. The van der Waals surface area contributed by atoms with E-state index in [1.807, 2.05) is 0 Å². The molecule has 1 aromatic rings. The molecule has 110 valence electrons. The van der Waals surface area contributed by atoms with Crippen LogP contribution in [0, 0.1) is 30.3 Å². The Kier molecular flexibility index (Phi) is 4.41. The summed E-state index contributed by atoms with van der Waals surface area (Å²) in [6, 6.07) is 1.15. The summed E-state index contributed by atoms with van der Waals surface area (Å²) >= 11 is 0. The second kappa shape index (κ2) is 6.00. The molecule has 0 bridgehead atoms. The number of non-ortho nitro benzene ring substituents is 1. The topological polar surface area (TPSA) is 206 Å². The fourth-order valence-electron chi connectivity index (χ4n) is 1.30. The molecule has 0 saturated heterocycles. The fourth-order valence-corrected chi connectivity index (χ4v) is 1.30. The Morgan fingerprint density at radius 2 is 1.48 bits per heavy atom. The third-order valence-electron chi connectivity index (χ3n) is 2.09. The van der Waals surface area contributed by atoms with E-state index in [0.29, 0.717) is 18.3 Å². The Balaban J connectivity index is 3.61. The van der Waals surface area contributed by atoms with E-state index < -0.39 is 43.4 Å². The third kappa shape index (κ3) is 3.66. The number of benzene rings is 1. The number of nitro groups is 3. The largest absolute Gasteiger partial charge is 0.369 e. The van der Waals surface area contributed by atoms with E-state index in [1.165, 1.54) is 0 Å². The van der Waals surface area contributed by atoms with Gasteiger partial charge in [0.25, 0.3) is 17.1 Å². The smallest absolute Gasteiger partial charge is 0.292 e. The number of guanidine groups is 1. The number of hydrogen-bond acceptors (Lipinski definition) is 8. The molecule has 0 aliphatic rings. The van der Waals surface area contributed by atoms with Gasteiger partial charge in [-0.05, 0) is 0 Å². The van der Waals surface area contributed by atoms with Crippen LogP contribution >= 0.6 is 0 Å². The maximum absolute atomic E-state index is 10.9. The van der Waals surface area contributed by atoms with Gasteiger partial charge in [-0.25, -0.2) is 0 Å². The first kappa shape index (κ1) is 15.4. The third-order valence-corrected chi connectivity index (χ3v) is 2.09. The summed E-state index contributed by atoms with van der Waals surface area (Å²) in [6.45, 7) is 0. The maximum atomic E-state index is 10.9. The molecule has 0 aliphatic heterocycles. The summed E-state index contributed by atoms with van der Waals surface area (Å²) in [5, 5.41) is 38.8. The van der Waals surface area contributed by atoms with Crippen LogP contribution in [0.15, 0.2) is 22.3 Å². The van der Waals surface area contributed by atoms with E-state index in [1.54, 1.807) is 0 Å². The van der Waals surface area contributed by atoms with Crippen molar-refractivity contribution in [1.82, 2.24) is 0 Å². The van der Waals surface area contributed by atoms with Crippen molar-refractivity contribution < 1.29 is 14.8 Å². The van der Waals surface area contributed by atoms with Gasteiger partial charge in [0.05, 0.1) is 33.1 Å². The summed E-state index contributed by atoms with van der Waals surface area (Å²) in [4.78, 5) is 29.4. The van der Waals surface area contributed by atoms with Crippen LogP contribution in [0.25, 0.3) is 0 Å². The Hall–Kier alpha value is -3.64. The van der Waals surface area contributed by atoms with E-state index in [-0.39, 0.29) is 0 Å². The van der Waals surface area contributed by atoms with Gasteiger partial charge in [0, 0.05) is 0 Å². The first-order chi connectivity index (χ1) is 9.73. The van der Waals surface area contributed by atoms with E-state index in [0.717, 1.165) is 0 Å². The lowest BCUT2D eigenvalue weighted by molar-refractivity contribution is -0.403. The van der Waals surface area contributed by atoms with Gasteiger partial charge < -0.3 is 11.5 Å². The highest BCUT2D eigenvalue weighted by atomic mass is 16.6. The maximum Gasteiger partial charge on any atom is 0.292 e. The van der Waals surface area contributed by atoms with Crippen molar-refractivity contribution in [2.45, 2.75) is 0 Å². The van der Waals surface area contributed by atoms with E-state index in [2.05, 4.69) is 10.2 Å². The minimum atomic E-state index is -1.02. The van der Waals surface area contributed by atoms with Gasteiger partial charge in [-0.1, -0.05) is 0 Å². The predicted molar refractivity (Wildman–Crippen MR) is 69.8 cm³/mol. The van der Waals surface area contributed by atoms with Gasteiger partial charge in [-0.15, -0.1) is 5.10 Å². The molecule has 0 saturated carbocycles. The zero-order valence-electron chi connectivity index (χ0n) is 10.1. The van der Waals surface area contributed by atoms with E-state index >= 15 is 0 Å². The zero-order valence-corrected chi connectivity index (χ0v) is 10.1. The second-order valence-electron chi connectivity index (χ2n) is 3.44. The normalized spacial score (nSPS) is 10.3. The Morgan fingerprint density at radius 1 is 1.00 bits per heavy atom. The molecule has 13 heteroatoms. The van der Waals surface area contributed by atoms with Gasteiger partial charge in [-0.3, -0.25) is 30.3 Å². The Morgan fingerprint density at radius 3 is 1.81 bits per heavy atom. The number of hydrogen-bond donors (Lipinski definition) is 2. The van der Waals surface area contributed by atoms with Crippen molar-refractivity contribution >= 4 is 29.2 Å². The highest BCUT2D eigenvalue weighted by molar-refractivity contribution is 5.92. The van der Waals surface area contributed by atoms with Crippen LogP contribution in [-0.2, 0) is 0 Å². The van der Waals surface area contributed by atoms with Crippen molar-refractivity contribution in [3.8, 4) is 0 Å². The van der Waals surface area contributed by atoms with Gasteiger partial charge in [0.15, 0.2) is 5.56 Å². The van der Waals surface area contributed by atoms with Crippen LogP contribution in [0.4, 0.5) is 17.1 Å². The second-order valence-corrected chi connectivity index (χ2v) is 3.44. The Labute approximate surface area is 115 Å². The highest BCUT2D eigenvalue weighted by Gasteiger charge is 2.29. The summed E-state index contributed by atoms with van der Waals surface area (Å²) in [5.74, 6) is -0.474. The van der Waals surface area contributed by atoms with Crippen LogP contribution in [-0.4, -0.2) is 26.9 Å². The Bertz CT molecular complexity index is 643. The summed E-state index contributed by atoms with van der Waals surface area (Å²) in [6.07, 6.45) is 0.666. The summed E-state index contributed by atoms with van der Waals surface area (Å²) in [5.41, 5.74) is 6.84. The van der Waals surface area contributed by atoms with Crippen molar-refractivity contribution in [1.29, 1.82) is 0 Å². The van der Waals surface area contributed by atoms with Crippen molar-refractivity contribution in [2.75, 3.05) is 0 Å². The lowest BCUT2D eigenvalue weighted by atomic mass is 10.1. The SMILES string of the molecule is NC(N)=N/N=C/c1c([N+](=O)[O-])cc([N+](=O)[O-])cc1[N+](=O)[O-]. The molecule has 0 amide bonds. The molecule has 0 heterocycles. The molecular formula is C8H7N7O6. The minimum absolute atomic E-state index is 0.474. The fraction of sp³-hybridized carbons (Fsp3) is 0. The molecule has 0 unspecified atom stereocenters. The van der Waals surface area contributed by atoms with Gasteiger partial charge in [0.2, 0.25) is 5.96 Å². The number of nitrogens with two attached hydrogens (primary N) is 2. The lowest BCUT2D eigenvalue weighted by Crippen LogP contribution is -2.21. The van der Waals surface area contributed by atoms with E-state index in [4.69, 9.17) is 11.5 Å². The lowest BCUT2D eigenvalue weighted by Gasteiger charge is -1.99. The van der Waals surface area contributed by atoms with E-state index in [9.17, 15) is 30.3 Å². The molecule has 0 fully saturated rings. The minimum Gasteiger partial charge on any atom is -0.369 e. The molecule has 0 radical (unpaired) electrons. The standard InChI is InChI=1S/C8H7N7O6/c9-8(10)12-11-3-5-6(14(18)19)1-4(13(16)17)2-7(5)15(20)21/h1-3H,(H4,9,10,12)/b11-3+. The molecule has 0 aromatic heterocycles. The quantitative estimate of drug-likeness (QED) is 0.326. The number of nitro benzene ring substituents is 3. The van der Waals surface area contributed by atoms with Gasteiger partial charge >= 0.3 is 0 Å². The predicted octanol–water partition coefficient (Wildman–Crippen LogP) is 0.0185. The first-order valence-corrected chi connectivity index (χ1v) is 4.97. The number of rotatable bonds is 5. The van der Waals surface area contributed by atoms with Gasteiger partial charge in [0.1, 0.15) is 0 Å². The van der Waals surface area contributed by atoms with Crippen molar-refractivity contribution in [3.63, 3.8) is 0 Å². The molecule has 21 heavy (non-hydrogen) atoms. The van der Waals surface area contributed by atoms with Crippen molar-refractivity contribution in [2.24, 2.45) is 21.7 Å². The van der Waals surface area contributed by atoms with Crippen LogP contribution < -0.4 is 11.5 Å². The highest BCUT2D eigenvalue weighted by Crippen LogP contribution is 2.32. The number of nitrogens with zero attached hydrogens (tertiary/aromatic N) is 5. The van der Waals surface area contributed by atoms with Crippen LogP contribution in [0.1, 0.15) is 5.56 Å². The van der Waals surface area contributed by atoms with Crippen LogP contribution in [0.3, 0.4) is 0 Å². The molecule has 0 aliphatic carbocycles. The molecule has 1 rings (SSSR count). The molecule has 4 N–H and O–H groups in total. The molecule has 0 atom stereocenters. The first-order valence-electron chi connectivity index (χ1n) is 4.97. The van der Waals surface area contributed by atoms with Crippen LogP contribution in [0.2, 0.25) is 0 Å². The molecule has 13 nitrogen and oxygen atoms in total. The molecular weight excluding hydrogens is 290 g/mol.